The molecule has 0 aliphatic carbocycles. The van der Waals surface area contributed by atoms with Crippen LogP contribution in [0.3, 0.4) is 0 Å². The Morgan fingerprint density at radius 3 is 1.13 bits per heavy atom. The van der Waals surface area contributed by atoms with Crippen molar-refractivity contribution < 1.29 is 28.6 Å². The van der Waals surface area contributed by atoms with Crippen LogP contribution in [0.15, 0.2) is 0 Å². The van der Waals surface area contributed by atoms with Crippen molar-refractivity contribution in [1.29, 1.82) is 0 Å². The molecule has 3 fully saturated rings. The van der Waals surface area contributed by atoms with E-state index in [0.29, 0.717) is 58.7 Å². The highest BCUT2D eigenvalue weighted by Crippen LogP contribution is 2.25. The number of hydrogen-bond acceptors (Lipinski definition) is 6. The van der Waals surface area contributed by atoms with Crippen LogP contribution in [0, 0.1) is 5.41 Å². The van der Waals surface area contributed by atoms with Crippen molar-refractivity contribution in [3.63, 3.8) is 0 Å². The van der Waals surface area contributed by atoms with Crippen LogP contribution in [-0.2, 0) is 28.6 Å². The molecule has 3 heterocycles. The largest absolute Gasteiger partial charge is 0.358 e. The van der Waals surface area contributed by atoms with E-state index >= 15 is 0 Å². The maximum absolute atomic E-state index is 12.6. The fourth-order valence-corrected chi connectivity index (χ4v) is 5.52. The van der Waals surface area contributed by atoms with Crippen LogP contribution >= 0.6 is 0 Å². The highest BCUT2D eigenvalue weighted by molar-refractivity contribution is 5.77. The summed E-state index contributed by atoms with van der Waals surface area (Å²) < 4.78 is 18.9. The third-order valence-corrected chi connectivity index (χ3v) is 8.17. The van der Waals surface area contributed by atoms with Gasteiger partial charge in [-0.05, 0) is 59.3 Å². The number of nitrogens with zero attached hydrogens (tertiary/aromatic N) is 3. The van der Waals surface area contributed by atoms with Crippen molar-refractivity contribution in [2.24, 2.45) is 5.41 Å². The maximum Gasteiger partial charge on any atom is 0.224 e. The van der Waals surface area contributed by atoms with Gasteiger partial charge in [-0.25, -0.2) is 0 Å². The van der Waals surface area contributed by atoms with Gasteiger partial charge in [0.1, 0.15) is 18.7 Å². The van der Waals surface area contributed by atoms with Crippen LogP contribution in [0.1, 0.15) is 105 Å². The Morgan fingerprint density at radius 1 is 0.553 bits per heavy atom. The molecule has 3 atom stereocenters. The van der Waals surface area contributed by atoms with E-state index in [-0.39, 0.29) is 36.4 Å². The zero-order valence-corrected chi connectivity index (χ0v) is 24.3. The zero-order valence-electron chi connectivity index (χ0n) is 24.3. The summed E-state index contributed by atoms with van der Waals surface area (Å²) in [6, 6.07) is 0. The summed E-state index contributed by atoms with van der Waals surface area (Å²) in [4.78, 5) is 43.3. The first-order valence-electron chi connectivity index (χ1n) is 14.9. The second-order valence-corrected chi connectivity index (χ2v) is 11.7. The quantitative estimate of drug-likeness (QED) is 0.369. The summed E-state index contributed by atoms with van der Waals surface area (Å²) >= 11 is 0. The van der Waals surface area contributed by atoms with Gasteiger partial charge >= 0.3 is 0 Å². The van der Waals surface area contributed by atoms with Crippen molar-refractivity contribution >= 4 is 17.7 Å². The molecule has 9 heteroatoms. The number of rotatable bonds is 12. The number of ether oxygens (including phenoxy) is 3. The van der Waals surface area contributed by atoms with E-state index in [0.717, 1.165) is 57.8 Å². The molecule has 0 aromatic carbocycles. The number of carbonyl (C=O) groups is 3. The maximum atomic E-state index is 12.6. The molecular formula is C29H51N3O6. The molecule has 38 heavy (non-hydrogen) atoms. The molecule has 0 aromatic heterocycles. The Hall–Kier alpha value is -1.71. The van der Waals surface area contributed by atoms with Gasteiger partial charge in [-0.2, -0.15) is 0 Å². The monoisotopic (exact) mass is 537 g/mol. The molecule has 0 saturated carbocycles. The molecule has 0 aromatic rings. The third-order valence-electron chi connectivity index (χ3n) is 8.17. The molecule has 218 valence electrons. The first-order chi connectivity index (χ1) is 18.2. The molecule has 0 spiro atoms. The van der Waals surface area contributed by atoms with Gasteiger partial charge in [0.25, 0.3) is 0 Å². The summed E-state index contributed by atoms with van der Waals surface area (Å²) in [5.74, 6) is 0.433. The highest BCUT2D eigenvalue weighted by atomic mass is 16.5. The zero-order chi connectivity index (χ0) is 27.5. The highest BCUT2D eigenvalue weighted by Gasteiger charge is 2.33. The minimum absolute atomic E-state index is 0.144. The summed E-state index contributed by atoms with van der Waals surface area (Å²) in [6.07, 6.45) is 9.66. The van der Waals surface area contributed by atoms with Crippen LogP contribution in [0.4, 0.5) is 0 Å². The normalized spacial score (nSPS) is 24.3. The lowest BCUT2D eigenvalue weighted by molar-refractivity contribution is -0.170. The van der Waals surface area contributed by atoms with Crippen molar-refractivity contribution in [3.8, 4) is 0 Å². The van der Waals surface area contributed by atoms with Gasteiger partial charge in [0.15, 0.2) is 0 Å². The smallest absolute Gasteiger partial charge is 0.224 e. The summed E-state index contributed by atoms with van der Waals surface area (Å²) in [7, 11) is 0. The van der Waals surface area contributed by atoms with Crippen molar-refractivity contribution in [2.45, 2.75) is 123 Å². The molecule has 0 radical (unpaired) electrons. The molecule has 3 amide bonds. The Bertz CT molecular complexity index is 680. The predicted molar refractivity (Wildman–Crippen MR) is 145 cm³/mol. The summed E-state index contributed by atoms with van der Waals surface area (Å²) in [5.41, 5.74) is -0.532. The van der Waals surface area contributed by atoms with E-state index < -0.39 is 5.41 Å². The molecule has 3 aliphatic rings. The molecule has 9 nitrogen and oxygen atoms in total. The molecule has 3 unspecified atom stereocenters. The lowest BCUT2D eigenvalue weighted by Crippen LogP contribution is -2.47. The number of hydrogen-bond donors (Lipinski definition) is 0. The van der Waals surface area contributed by atoms with E-state index in [2.05, 4.69) is 6.92 Å². The fraction of sp³-hybridized carbons (Fsp3) is 0.897. The molecule has 3 aliphatic heterocycles. The topological polar surface area (TPSA) is 88.6 Å². The average Bonchev–Trinajstić information content (AvgIpc) is 3.35. The molecule has 0 bridgehead atoms. The van der Waals surface area contributed by atoms with Gasteiger partial charge in [-0.15, -0.1) is 0 Å². The lowest BCUT2D eigenvalue weighted by Gasteiger charge is -2.37. The average molecular weight is 538 g/mol. The minimum atomic E-state index is -0.532. The summed E-state index contributed by atoms with van der Waals surface area (Å²) in [5, 5.41) is 0. The van der Waals surface area contributed by atoms with Gasteiger partial charge in [0.05, 0.1) is 19.8 Å². The molecular weight excluding hydrogens is 486 g/mol. The molecule has 0 N–H and O–H groups in total. The van der Waals surface area contributed by atoms with Crippen molar-refractivity contribution in [1.82, 2.24) is 14.7 Å². The fourth-order valence-electron chi connectivity index (χ4n) is 5.52. The Kier molecular flexibility index (Phi) is 12.3. The first kappa shape index (κ1) is 30.8. The van der Waals surface area contributed by atoms with Gasteiger partial charge in [0, 0.05) is 44.3 Å². The van der Waals surface area contributed by atoms with Crippen molar-refractivity contribution in [2.75, 3.05) is 39.5 Å². The predicted octanol–water partition coefficient (Wildman–Crippen LogP) is 4.29. The molecule has 3 rings (SSSR count). The Morgan fingerprint density at radius 2 is 0.842 bits per heavy atom. The van der Waals surface area contributed by atoms with Gasteiger partial charge in [-0.1, -0.05) is 26.2 Å². The number of amides is 3. The van der Waals surface area contributed by atoms with Gasteiger partial charge < -0.3 is 28.9 Å². The van der Waals surface area contributed by atoms with Gasteiger partial charge in [-0.3, -0.25) is 14.4 Å². The van der Waals surface area contributed by atoms with E-state index in [4.69, 9.17) is 14.2 Å². The number of likely N-dealkylation sites (tertiary alicyclic amines) is 3. The van der Waals surface area contributed by atoms with Crippen molar-refractivity contribution in [3.05, 3.63) is 0 Å². The van der Waals surface area contributed by atoms with Crippen LogP contribution in [-0.4, -0.2) is 90.6 Å². The number of carbonyl (C=O) groups excluding carboxylic acids is 3. The first-order valence-corrected chi connectivity index (χ1v) is 14.9. The standard InChI is InChI=1S/C29H51N3O6/c1-23(30-17-11-5-8-14-26(30)33)36-20-29(4,21-37-24(2)31-18-12-6-9-15-27(31)34)22-38-25(3)32-19-13-7-10-16-28(32)35/h23-25H,5-22H2,1-4H3. The second-order valence-electron chi connectivity index (χ2n) is 11.7. The minimum Gasteiger partial charge on any atom is -0.358 e. The summed E-state index contributed by atoms with van der Waals surface area (Å²) in [6.45, 7) is 11.0. The molecule has 3 saturated heterocycles. The third kappa shape index (κ3) is 9.19. The second kappa shape index (κ2) is 15.2. The van der Waals surface area contributed by atoms with E-state index in [1.165, 1.54) is 0 Å². The van der Waals surface area contributed by atoms with Crippen LogP contribution in [0.5, 0.6) is 0 Å². The van der Waals surface area contributed by atoms with E-state index in [1.54, 1.807) is 0 Å². The van der Waals surface area contributed by atoms with E-state index in [1.807, 2.05) is 35.5 Å². The van der Waals surface area contributed by atoms with E-state index in [9.17, 15) is 14.4 Å². The van der Waals surface area contributed by atoms with Crippen LogP contribution < -0.4 is 0 Å². The Balaban J connectivity index is 1.63. The van der Waals surface area contributed by atoms with Crippen LogP contribution in [0.25, 0.3) is 0 Å². The lowest BCUT2D eigenvalue weighted by atomic mass is 9.94. The van der Waals surface area contributed by atoms with Gasteiger partial charge in [0.2, 0.25) is 17.7 Å². The Labute approximate surface area is 229 Å². The SMILES string of the molecule is CC(OCC(C)(COC(C)N1CCCCCC1=O)COC(C)N1CCCCCC1=O)N1CCCCCC1=O. The van der Waals surface area contributed by atoms with Crippen LogP contribution in [0.2, 0.25) is 0 Å².